The molecule has 3 aromatic rings. The summed E-state index contributed by atoms with van der Waals surface area (Å²) in [4.78, 5) is 39.5. The van der Waals surface area contributed by atoms with Crippen molar-refractivity contribution in [2.45, 2.75) is 26.8 Å². The maximum Gasteiger partial charge on any atom is 0.334 e. The molecule has 0 aliphatic carbocycles. The highest BCUT2D eigenvalue weighted by molar-refractivity contribution is 6.05. The minimum atomic E-state index is -0.803. The van der Waals surface area contributed by atoms with Crippen molar-refractivity contribution < 1.29 is 19.1 Å². The van der Waals surface area contributed by atoms with E-state index in [1.54, 1.807) is 67.7 Å². The van der Waals surface area contributed by atoms with E-state index in [9.17, 15) is 14.4 Å². The molecule has 170 valence electrons. The molecule has 0 saturated heterocycles. The molecule has 0 bridgehead atoms. The van der Waals surface area contributed by atoms with Gasteiger partial charge >= 0.3 is 5.97 Å². The number of rotatable bonds is 7. The summed E-state index contributed by atoms with van der Waals surface area (Å²) in [7, 11) is 1.69. The molecule has 1 N–H and O–H groups in total. The van der Waals surface area contributed by atoms with Crippen LogP contribution >= 0.6 is 0 Å². The Morgan fingerprint density at radius 3 is 2.00 bits per heavy atom. The van der Waals surface area contributed by atoms with E-state index in [1.165, 1.54) is 4.90 Å². The van der Waals surface area contributed by atoms with E-state index in [4.69, 9.17) is 4.74 Å². The molecule has 1 atom stereocenters. The van der Waals surface area contributed by atoms with Crippen LogP contribution in [0.3, 0.4) is 0 Å². The number of aryl methyl sites for hydroxylation is 1. The molecule has 0 heterocycles. The maximum absolute atomic E-state index is 12.8. The lowest BCUT2D eigenvalue weighted by Gasteiger charge is -2.21. The Hall–Kier alpha value is -3.93. The zero-order chi connectivity index (χ0) is 24.0. The molecule has 0 aliphatic heterocycles. The van der Waals surface area contributed by atoms with Gasteiger partial charge in [0, 0.05) is 23.9 Å². The fourth-order valence-electron chi connectivity index (χ4n) is 3.24. The average molecular weight is 445 g/mol. The van der Waals surface area contributed by atoms with Crippen LogP contribution in [0.25, 0.3) is 0 Å². The second-order valence-corrected chi connectivity index (χ2v) is 8.21. The third kappa shape index (κ3) is 6.07. The van der Waals surface area contributed by atoms with Gasteiger partial charge in [0.15, 0.2) is 0 Å². The maximum atomic E-state index is 12.8. The molecule has 0 unspecified atom stereocenters. The summed E-state index contributed by atoms with van der Waals surface area (Å²) < 4.78 is 5.51. The van der Waals surface area contributed by atoms with Crippen LogP contribution in [0.2, 0.25) is 0 Å². The number of hydrogen-bond acceptors (Lipinski definition) is 4. The van der Waals surface area contributed by atoms with Gasteiger partial charge in [-0.2, -0.15) is 0 Å². The monoisotopic (exact) mass is 444 g/mol. The Bertz CT molecular complexity index is 1110. The molecule has 33 heavy (non-hydrogen) atoms. The second-order valence-electron chi connectivity index (χ2n) is 8.21. The van der Waals surface area contributed by atoms with Crippen molar-refractivity contribution in [3.05, 3.63) is 95.6 Å². The third-order valence-electron chi connectivity index (χ3n) is 5.29. The second kappa shape index (κ2) is 10.6. The first-order valence-electron chi connectivity index (χ1n) is 10.8. The Morgan fingerprint density at radius 1 is 0.818 bits per heavy atom. The van der Waals surface area contributed by atoms with Crippen LogP contribution in [0.4, 0.5) is 5.69 Å². The molecule has 0 saturated carbocycles. The van der Waals surface area contributed by atoms with E-state index >= 15 is 0 Å². The number of esters is 1. The zero-order valence-electron chi connectivity index (χ0n) is 19.2. The van der Waals surface area contributed by atoms with Gasteiger partial charge in [-0.05, 0) is 61.4 Å². The van der Waals surface area contributed by atoms with Gasteiger partial charge in [-0.25, -0.2) is 4.79 Å². The summed E-state index contributed by atoms with van der Waals surface area (Å²) in [6, 6.07) is 22.0. The number of benzene rings is 3. The number of nitrogens with zero attached hydrogens (tertiary/aromatic N) is 1. The largest absolute Gasteiger partial charge is 0.425 e. The predicted octanol–water partition coefficient (Wildman–Crippen LogP) is 4.63. The molecule has 0 aliphatic rings. The summed E-state index contributed by atoms with van der Waals surface area (Å²) in [5.41, 5.74) is 2.81. The number of carbonyl (C=O) groups excluding carboxylic acids is 3. The van der Waals surface area contributed by atoms with Crippen molar-refractivity contribution >= 4 is 23.5 Å². The summed E-state index contributed by atoms with van der Waals surface area (Å²) >= 11 is 0. The van der Waals surface area contributed by atoms with Crippen molar-refractivity contribution in [2.24, 2.45) is 5.92 Å². The van der Waals surface area contributed by atoms with Gasteiger partial charge in [-0.15, -0.1) is 0 Å². The molecule has 0 fully saturated rings. The van der Waals surface area contributed by atoms with Gasteiger partial charge in [0.2, 0.25) is 0 Å². The van der Waals surface area contributed by atoms with Gasteiger partial charge in [0.1, 0.15) is 11.8 Å². The van der Waals surface area contributed by atoms with Crippen molar-refractivity contribution in [1.29, 1.82) is 0 Å². The highest BCUT2D eigenvalue weighted by Gasteiger charge is 2.26. The standard InChI is InChI=1S/C27H28N2O4/c1-18(2)24(28-25(30)20-8-6-5-7-9-20)27(32)33-23-16-14-22(15-17-23)29(4)26(31)21-12-10-19(3)11-13-21/h5-18,24H,1-4H3,(H,28,30)/t24-/m0/s1. The van der Waals surface area contributed by atoms with E-state index in [0.717, 1.165) is 5.56 Å². The highest BCUT2D eigenvalue weighted by atomic mass is 16.5. The quantitative estimate of drug-likeness (QED) is 0.426. The van der Waals surface area contributed by atoms with Crippen molar-refractivity contribution in [3.8, 4) is 5.75 Å². The first-order valence-corrected chi connectivity index (χ1v) is 10.8. The summed E-state index contributed by atoms with van der Waals surface area (Å²) in [6.07, 6.45) is 0. The minimum Gasteiger partial charge on any atom is -0.425 e. The Kier molecular flexibility index (Phi) is 7.61. The lowest BCUT2D eigenvalue weighted by atomic mass is 10.0. The lowest BCUT2D eigenvalue weighted by molar-refractivity contribution is -0.137. The van der Waals surface area contributed by atoms with Crippen LogP contribution in [0.5, 0.6) is 5.75 Å². The van der Waals surface area contributed by atoms with Crippen LogP contribution in [-0.2, 0) is 4.79 Å². The van der Waals surface area contributed by atoms with Crippen LogP contribution in [0.15, 0.2) is 78.9 Å². The smallest absolute Gasteiger partial charge is 0.334 e. The topological polar surface area (TPSA) is 75.7 Å². The van der Waals surface area contributed by atoms with Gasteiger partial charge < -0.3 is 15.0 Å². The molecular weight excluding hydrogens is 416 g/mol. The highest BCUT2D eigenvalue weighted by Crippen LogP contribution is 2.21. The molecular formula is C27H28N2O4. The van der Waals surface area contributed by atoms with E-state index < -0.39 is 12.0 Å². The lowest BCUT2D eigenvalue weighted by Crippen LogP contribution is -2.46. The van der Waals surface area contributed by atoms with Crippen LogP contribution in [-0.4, -0.2) is 30.9 Å². The fraction of sp³-hybridized carbons (Fsp3) is 0.222. The predicted molar refractivity (Wildman–Crippen MR) is 129 cm³/mol. The molecule has 0 radical (unpaired) electrons. The van der Waals surface area contributed by atoms with Gasteiger partial charge in [0.25, 0.3) is 11.8 Å². The number of ether oxygens (including phenoxy) is 1. The molecule has 6 nitrogen and oxygen atoms in total. The van der Waals surface area contributed by atoms with E-state index in [2.05, 4.69) is 5.32 Å². The minimum absolute atomic E-state index is 0.136. The number of nitrogens with one attached hydrogen (secondary N) is 1. The van der Waals surface area contributed by atoms with Crippen molar-refractivity contribution in [1.82, 2.24) is 5.32 Å². The van der Waals surface area contributed by atoms with Crippen molar-refractivity contribution in [3.63, 3.8) is 0 Å². The molecule has 2 amide bonds. The van der Waals surface area contributed by atoms with Crippen LogP contribution in [0.1, 0.15) is 40.1 Å². The van der Waals surface area contributed by atoms with Crippen molar-refractivity contribution in [2.75, 3.05) is 11.9 Å². The van der Waals surface area contributed by atoms with Gasteiger partial charge in [-0.1, -0.05) is 49.7 Å². The Balaban J connectivity index is 1.66. The van der Waals surface area contributed by atoms with Gasteiger partial charge in [-0.3, -0.25) is 9.59 Å². The summed E-state index contributed by atoms with van der Waals surface area (Å²) in [5.74, 6) is -0.852. The first-order chi connectivity index (χ1) is 15.8. The average Bonchev–Trinajstić information content (AvgIpc) is 2.82. The molecule has 3 rings (SSSR count). The first kappa shape index (κ1) is 23.7. The molecule has 0 spiro atoms. The number of anilines is 1. The number of carbonyl (C=O) groups is 3. The Labute approximate surface area is 194 Å². The third-order valence-corrected chi connectivity index (χ3v) is 5.29. The van der Waals surface area contributed by atoms with E-state index in [0.29, 0.717) is 22.6 Å². The number of hydrogen-bond donors (Lipinski definition) is 1. The normalized spacial score (nSPS) is 11.5. The molecule has 3 aromatic carbocycles. The van der Waals surface area contributed by atoms with Gasteiger partial charge in [0.05, 0.1) is 0 Å². The summed E-state index contributed by atoms with van der Waals surface area (Å²) in [5, 5.41) is 2.75. The van der Waals surface area contributed by atoms with E-state index in [1.807, 2.05) is 39.0 Å². The number of amides is 2. The Morgan fingerprint density at radius 2 is 1.42 bits per heavy atom. The molecule has 0 aromatic heterocycles. The molecule has 6 heteroatoms. The van der Waals surface area contributed by atoms with Crippen LogP contribution < -0.4 is 15.0 Å². The zero-order valence-corrected chi connectivity index (χ0v) is 19.2. The van der Waals surface area contributed by atoms with Crippen LogP contribution in [0, 0.1) is 12.8 Å². The summed E-state index contributed by atoms with van der Waals surface area (Å²) in [6.45, 7) is 5.65. The van der Waals surface area contributed by atoms with E-state index in [-0.39, 0.29) is 17.7 Å². The fourth-order valence-corrected chi connectivity index (χ4v) is 3.24. The SMILES string of the molecule is Cc1ccc(C(=O)N(C)c2ccc(OC(=O)[C@@H](NC(=O)c3ccccc3)C(C)C)cc2)cc1.